The predicted octanol–water partition coefficient (Wildman–Crippen LogP) is 0.964. The van der Waals surface area contributed by atoms with Crippen molar-refractivity contribution in [3.8, 4) is 11.4 Å². The number of ketones is 1. The van der Waals surface area contributed by atoms with Gasteiger partial charge in [0.2, 0.25) is 23.5 Å². The molecule has 0 fully saturated rings. The van der Waals surface area contributed by atoms with Crippen LogP contribution in [0.15, 0.2) is 54.9 Å². The third-order valence-corrected chi connectivity index (χ3v) is 6.25. The van der Waals surface area contributed by atoms with E-state index in [2.05, 4.69) is 36.3 Å². The van der Waals surface area contributed by atoms with Gasteiger partial charge in [0.05, 0.1) is 6.42 Å². The quantitative estimate of drug-likeness (QED) is 0.191. The van der Waals surface area contributed by atoms with Crippen LogP contribution in [-0.2, 0) is 36.9 Å². The molecule has 14 nitrogen and oxygen atoms in total. The van der Waals surface area contributed by atoms with Crippen LogP contribution >= 0.6 is 12.4 Å². The molecular weight excluding hydrogens is 580 g/mol. The van der Waals surface area contributed by atoms with Crippen LogP contribution in [0.4, 0.5) is 0 Å². The number of carbonyl (C=O) groups excluding carboxylic acids is 4. The highest BCUT2D eigenvalue weighted by Gasteiger charge is 2.30. The van der Waals surface area contributed by atoms with Crippen molar-refractivity contribution in [2.45, 2.75) is 64.7 Å². The second-order valence-corrected chi connectivity index (χ2v) is 10.0. The van der Waals surface area contributed by atoms with Crippen LogP contribution < -0.4 is 16.0 Å². The number of nitrogens with zero attached hydrogens (tertiary/aromatic N) is 5. The Balaban J connectivity index is 0.00000645. The first-order valence-electron chi connectivity index (χ1n) is 13.4. The minimum absolute atomic E-state index is 0. The molecule has 0 aliphatic carbocycles. The Morgan fingerprint density at radius 2 is 1.65 bits per heavy atom. The largest absolute Gasteiger partial charge is 0.481 e. The Morgan fingerprint density at radius 3 is 2.28 bits per heavy atom. The lowest BCUT2D eigenvalue weighted by atomic mass is 10.0. The highest BCUT2D eigenvalue weighted by molar-refractivity contribution is 5.95. The molecule has 0 bridgehead atoms. The lowest BCUT2D eigenvalue weighted by Gasteiger charge is -2.25. The van der Waals surface area contributed by atoms with Gasteiger partial charge in [-0.15, -0.1) is 22.6 Å². The first kappa shape index (κ1) is 34.5. The van der Waals surface area contributed by atoms with Crippen molar-refractivity contribution in [3.05, 3.63) is 60.4 Å². The highest BCUT2D eigenvalue weighted by Crippen LogP contribution is 2.11. The van der Waals surface area contributed by atoms with E-state index in [1.807, 2.05) is 30.3 Å². The summed E-state index contributed by atoms with van der Waals surface area (Å²) < 4.78 is 0. The maximum Gasteiger partial charge on any atom is 0.305 e. The van der Waals surface area contributed by atoms with Crippen molar-refractivity contribution in [2.75, 3.05) is 0 Å². The van der Waals surface area contributed by atoms with E-state index < -0.39 is 54.7 Å². The van der Waals surface area contributed by atoms with Gasteiger partial charge in [-0.05, 0) is 42.2 Å². The number of Topliss-reactive ketones (excluding diaryl/α,β-unsaturated/α-hetero) is 1. The summed E-state index contributed by atoms with van der Waals surface area (Å²) in [5.41, 5.74) is 1.56. The first-order chi connectivity index (χ1) is 20.0. The van der Waals surface area contributed by atoms with Crippen molar-refractivity contribution in [3.63, 3.8) is 0 Å². The maximum atomic E-state index is 13.0. The average Bonchev–Trinajstić information content (AvgIpc) is 3.43. The number of aliphatic carboxylic acids is 1. The smallest absolute Gasteiger partial charge is 0.305 e. The Hall–Kier alpha value is -4.72. The topological polar surface area (TPSA) is 198 Å². The number of hydrogen-bond acceptors (Lipinski definition) is 9. The second-order valence-electron chi connectivity index (χ2n) is 10.0. The molecule has 2 aromatic heterocycles. The summed E-state index contributed by atoms with van der Waals surface area (Å²) in [6.07, 6.45) is 3.09. The summed E-state index contributed by atoms with van der Waals surface area (Å²) >= 11 is 0. The van der Waals surface area contributed by atoms with Gasteiger partial charge in [0.15, 0.2) is 5.78 Å². The molecule has 0 saturated heterocycles. The van der Waals surface area contributed by atoms with Crippen LogP contribution in [0.25, 0.3) is 11.4 Å². The second kappa shape index (κ2) is 16.7. The van der Waals surface area contributed by atoms with Gasteiger partial charge in [0.25, 0.3) is 0 Å². The van der Waals surface area contributed by atoms with E-state index in [0.717, 1.165) is 10.4 Å². The molecule has 3 atom stereocenters. The third-order valence-electron chi connectivity index (χ3n) is 6.25. The zero-order valence-corrected chi connectivity index (χ0v) is 24.8. The minimum Gasteiger partial charge on any atom is -0.481 e. The number of hydrogen-bond donors (Lipinski definition) is 4. The van der Waals surface area contributed by atoms with E-state index in [-0.39, 0.29) is 36.5 Å². The van der Waals surface area contributed by atoms with Gasteiger partial charge < -0.3 is 21.1 Å². The van der Waals surface area contributed by atoms with E-state index >= 15 is 0 Å². The molecule has 0 radical (unpaired) electrons. The van der Waals surface area contributed by atoms with Crippen LogP contribution in [0.3, 0.4) is 0 Å². The molecule has 43 heavy (non-hydrogen) atoms. The van der Waals surface area contributed by atoms with Crippen molar-refractivity contribution in [2.24, 2.45) is 5.92 Å². The molecule has 2 heterocycles. The average molecular weight is 615 g/mol. The highest BCUT2D eigenvalue weighted by atomic mass is 35.5. The molecule has 4 N–H and O–H groups in total. The number of carboxylic acids is 1. The number of aryl methyl sites for hydroxylation is 1. The number of aromatic nitrogens is 5. The van der Waals surface area contributed by atoms with Gasteiger partial charge in [-0.2, -0.15) is 4.80 Å². The van der Waals surface area contributed by atoms with E-state index in [1.165, 1.54) is 13.1 Å². The van der Waals surface area contributed by atoms with Crippen LogP contribution in [0.1, 0.15) is 39.2 Å². The molecule has 3 amide bonds. The Morgan fingerprint density at radius 1 is 0.930 bits per heavy atom. The fourth-order valence-electron chi connectivity index (χ4n) is 3.94. The number of benzene rings is 1. The molecule has 3 aromatic rings. The summed E-state index contributed by atoms with van der Waals surface area (Å²) in [7, 11) is 0. The van der Waals surface area contributed by atoms with Crippen LogP contribution in [0, 0.1) is 5.92 Å². The molecular formula is C28H35ClN8O6. The number of tetrazole rings is 1. The summed E-state index contributed by atoms with van der Waals surface area (Å²) in [5.74, 6) is -3.73. The molecule has 0 saturated carbocycles. The van der Waals surface area contributed by atoms with Crippen molar-refractivity contribution >= 4 is 41.9 Å². The van der Waals surface area contributed by atoms with E-state index in [4.69, 9.17) is 0 Å². The number of halogens is 1. The van der Waals surface area contributed by atoms with Gasteiger partial charge in [0, 0.05) is 24.4 Å². The first-order valence-corrected chi connectivity index (χ1v) is 13.4. The molecule has 0 aliphatic rings. The Bertz CT molecular complexity index is 1390. The molecule has 0 aliphatic heterocycles. The lowest BCUT2D eigenvalue weighted by Crippen LogP contribution is -2.56. The number of amides is 3. The standard InChI is InChI=1S/C28H34N8O6.ClH/c1-17(2)25(32-23(38)12-11-19-8-5-4-6-9-19)28(42)30-18(3)27(41)31-21(14-24(39)40)22(37)16-36-34-26(33-35-36)20-10-7-13-29-15-20;/h4-10,13,15,17-18,21,25H,11-12,14,16H2,1-3H3,(H,30,42)(H,31,41)(H,32,38)(H,39,40);1H/t18-,21?,25-;/m0./s1. The van der Waals surface area contributed by atoms with Crippen LogP contribution in [-0.4, -0.2) is 77.9 Å². The fourth-order valence-corrected chi connectivity index (χ4v) is 3.94. The molecule has 1 aromatic carbocycles. The SMILES string of the molecule is CC(C)[C@H](NC(=O)CCc1ccccc1)C(=O)N[C@@H](C)C(=O)NC(CC(=O)O)C(=O)Cn1nnc(-c2cccnc2)n1.Cl. The van der Waals surface area contributed by atoms with Gasteiger partial charge in [-0.1, -0.05) is 44.2 Å². The van der Waals surface area contributed by atoms with Gasteiger partial charge in [-0.25, -0.2) is 0 Å². The molecule has 1 unspecified atom stereocenters. The van der Waals surface area contributed by atoms with Crippen molar-refractivity contribution in [1.29, 1.82) is 0 Å². The maximum absolute atomic E-state index is 13.0. The molecule has 15 heteroatoms. The van der Waals surface area contributed by atoms with Crippen LogP contribution in [0.5, 0.6) is 0 Å². The minimum atomic E-state index is -1.42. The molecule has 230 valence electrons. The third kappa shape index (κ3) is 10.9. The van der Waals surface area contributed by atoms with Crippen molar-refractivity contribution < 1.29 is 29.1 Å². The van der Waals surface area contributed by atoms with Crippen molar-refractivity contribution in [1.82, 2.24) is 41.1 Å². The Kier molecular flexibility index (Phi) is 13.4. The van der Waals surface area contributed by atoms with E-state index in [9.17, 15) is 29.1 Å². The summed E-state index contributed by atoms with van der Waals surface area (Å²) in [5, 5.41) is 28.7. The molecule has 3 rings (SSSR count). The fraction of sp³-hybridized carbons (Fsp3) is 0.393. The normalized spacial score (nSPS) is 12.7. The van der Waals surface area contributed by atoms with E-state index in [0.29, 0.717) is 12.0 Å². The van der Waals surface area contributed by atoms with Gasteiger partial charge >= 0.3 is 5.97 Å². The number of rotatable bonds is 15. The predicted molar refractivity (Wildman–Crippen MR) is 157 cm³/mol. The number of nitrogens with one attached hydrogen (secondary N) is 3. The molecule has 0 spiro atoms. The lowest BCUT2D eigenvalue weighted by molar-refractivity contribution is -0.140. The monoisotopic (exact) mass is 614 g/mol. The van der Waals surface area contributed by atoms with Gasteiger partial charge in [0.1, 0.15) is 24.7 Å². The number of carboxylic acid groups (broad SMARTS) is 1. The van der Waals surface area contributed by atoms with Gasteiger partial charge in [-0.3, -0.25) is 29.0 Å². The summed E-state index contributed by atoms with van der Waals surface area (Å²) in [4.78, 5) is 67.7. The zero-order chi connectivity index (χ0) is 30.6. The number of carbonyl (C=O) groups is 5. The zero-order valence-electron chi connectivity index (χ0n) is 24.0. The van der Waals surface area contributed by atoms with E-state index in [1.54, 1.807) is 32.2 Å². The number of pyridine rings is 1. The Labute approximate surface area is 254 Å². The summed E-state index contributed by atoms with van der Waals surface area (Å²) in [6, 6.07) is 9.39. The summed E-state index contributed by atoms with van der Waals surface area (Å²) in [6.45, 7) is 4.46. The van der Waals surface area contributed by atoms with Crippen LogP contribution in [0.2, 0.25) is 0 Å².